The number of hydrogen-bond acceptors (Lipinski definition) is 6. The highest BCUT2D eigenvalue weighted by atomic mass is 35.5. The number of anilines is 1. The smallest absolute Gasteiger partial charge is 0.245 e. The number of carbonyl (C=O) groups excluding carboxylic acids is 1. The Hall–Kier alpha value is -3.32. The monoisotopic (exact) mass is 478 g/mol. The number of aromatic nitrogens is 2. The highest BCUT2D eigenvalue weighted by Crippen LogP contribution is 2.49. The fourth-order valence-corrected chi connectivity index (χ4v) is 5.62. The molecule has 0 bridgehead atoms. The third-order valence-electron chi connectivity index (χ3n) is 6.98. The number of nitrogens with zero attached hydrogens (tertiary/aromatic N) is 3. The molecule has 1 N–H and O–H groups in total. The number of methoxy groups -OCH3 is 2. The van der Waals surface area contributed by atoms with Gasteiger partial charge in [-0.05, 0) is 43.5 Å². The Labute approximate surface area is 203 Å². The van der Waals surface area contributed by atoms with E-state index < -0.39 is 0 Å². The first-order valence-corrected chi connectivity index (χ1v) is 11.6. The summed E-state index contributed by atoms with van der Waals surface area (Å²) in [6, 6.07) is 8.13. The lowest BCUT2D eigenvalue weighted by Gasteiger charge is -2.58. The average Bonchev–Trinajstić information content (AvgIpc) is 2.79. The fourth-order valence-electron chi connectivity index (χ4n) is 5.24. The Morgan fingerprint density at radius 1 is 1.24 bits per heavy atom. The van der Waals surface area contributed by atoms with Crippen LogP contribution in [0, 0.1) is 12.3 Å². The number of likely N-dealkylation sites (tertiary alicyclic amines) is 1. The number of hydrogen-bond donors (Lipinski definition) is 1. The second-order valence-electron chi connectivity index (χ2n) is 9.21. The van der Waals surface area contributed by atoms with E-state index in [1.165, 1.54) is 6.08 Å². The molecule has 1 aliphatic heterocycles. The summed E-state index contributed by atoms with van der Waals surface area (Å²) in [5.74, 6) is 1.92. The summed E-state index contributed by atoms with van der Waals surface area (Å²) < 4.78 is 11.0. The lowest BCUT2D eigenvalue weighted by Crippen LogP contribution is -2.65. The van der Waals surface area contributed by atoms with Crippen molar-refractivity contribution in [1.29, 1.82) is 0 Å². The first kappa shape index (κ1) is 22.5. The maximum atomic E-state index is 11.7. The molecule has 1 saturated carbocycles. The third kappa shape index (κ3) is 3.74. The van der Waals surface area contributed by atoms with Gasteiger partial charge in [0.25, 0.3) is 0 Å². The van der Waals surface area contributed by atoms with Crippen LogP contribution >= 0.6 is 11.6 Å². The molecule has 1 aromatic heterocycles. The van der Waals surface area contributed by atoms with Crippen LogP contribution in [0.2, 0.25) is 5.02 Å². The van der Waals surface area contributed by atoms with Crippen LogP contribution in [-0.2, 0) is 4.79 Å². The van der Waals surface area contributed by atoms with Crippen molar-refractivity contribution in [2.75, 3.05) is 32.6 Å². The molecule has 3 aromatic rings. The molecule has 0 atom stereocenters. The first-order chi connectivity index (χ1) is 16.4. The molecule has 2 aliphatic rings. The van der Waals surface area contributed by atoms with E-state index in [-0.39, 0.29) is 11.3 Å². The number of nitrogens with one attached hydrogen (secondary N) is 1. The summed E-state index contributed by atoms with van der Waals surface area (Å²) in [5, 5.41) is 4.91. The van der Waals surface area contributed by atoms with Gasteiger partial charge in [-0.1, -0.05) is 24.2 Å². The molecule has 0 unspecified atom stereocenters. The lowest BCUT2D eigenvalue weighted by molar-refractivity contribution is -0.144. The molecule has 5 rings (SSSR count). The molecule has 8 heteroatoms. The molecule has 1 saturated heterocycles. The van der Waals surface area contributed by atoms with E-state index in [0.29, 0.717) is 28.5 Å². The summed E-state index contributed by atoms with van der Waals surface area (Å²) in [4.78, 5) is 22.8. The Morgan fingerprint density at radius 3 is 2.65 bits per heavy atom. The molecule has 2 heterocycles. The maximum absolute atomic E-state index is 11.7. The van der Waals surface area contributed by atoms with Gasteiger partial charge in [0.2, 0.25) is 11.9 Å². The van der Waals surface area contributed by atoms with Gasteiger partial charge in [0.15, 0.2) is 0 Å². The van der Waals surface area contributed by atoms with E-state index >= 15 is 0 Å². The molecule has 0 radical (unpaired) electrons. The second-order valence-corrected chi connectivity index (χ2v) is 9.59. The first-order valence-electron chi connectivity index (χ1n) is 11.2. The molecule has 2 aromatic carbocycles. The van der Waals surface area contributed by atoms with Gasteiger partial charge in [0, 0.05) is 53.3 Å². The van der Waals surface area contributed by atoms with Gasteiger partial charge in [-0.2, -0.15) is 0 Å². The Bertz CT molecular complexity index is 1270. The van der Waals surface area contributed by atoms with Crippen LogP contribution in [0.15, 0.2) is 43.1 Å². The second kappa shape index (κ2) is 8.47. The van der Waals surface area contributed by atoms with Crippen LogP contribution in [0.1, 0.15) is 18.4 Å². The third-order valence-corrected chi connectivity index (χ3v) is 7.36. The summed E-state index contributed by atoms with van der Waals surface area (Å²) in [6.45, 7) is 7.17. The van der Waals surface area contributed by atoms with E-state index in [9.17, 15) is 4.79 Å². The summed E-state index contributed by atoms with van der Waals surface area (Å²) >= 11 is 6.66. The Morgan fingerprint density at radius 2 is 1.97 bits per heavy atom. The van der Waals surface area contributed by atoms with E-state index in [4.69, 9.17) is 26.1 Å². The van der Waals surface area contributed by atoms with Crippen LogP contribution in [0.4, 0.5) is 5.95 Å². The topological polar surface area (TPSA) is 76.6 Å². The maximum Gasteiger partial charge on any atom is 0.245 e. The van der Waals surface area contributed by atoms with Crippen LogP contribution in [0.5, 0.6) is 11.5 Å². The number of carbonyl (C=O) groups is 1. The quantitative estimate of drug-likeness (QED) is 0.509. The van der Waals surface area contributed by atoms with Crippen molar-refractivity contribution in [2.24, 2.45) is 5.41 Å². The molecule has 7 nitrogen and oxygen atoms in total. The average molecular weight is 479 g/mol. The normalized spacial score (nSPS) is 16.6. The highest BCUT2D eigenvalue weighted by molar-refractivity contribution is 6.35. The van der Waals surface area contributed by atoms with Crippen molar-refractivity contribution < 1.29 is 14.3 Å². The predicted octanol–water partition coefficient (Wildman–Crippen LogP) is 4.86. The van der Waals surface area contributed by atoms with Crippen molar-refractivity contribution in [2.45, 2.75) is 25.8 Å². The molecule has 1 spiro atoms. The Balaban J connectivity index is 1.33. The van der Waals surface area contributed by atoms with E-state index in [1.807, 2.05) is 36.2 Å². The number of halogens is 1. The van der Waals surface area contributed by atoms with E-state index in [0.717, 1.165) is 53.5 Å². The van der Waals surface area contributed by atoms with Crippen molar-refractivity contribution in [1.82, 2.24) is 14.9 Å². The van der Waals surface area contributed by atoms with Crippen molar-refractivity contribution in [3.05, 3.63) is 53.7 Å². The molecular formula is C26H27ClN4O3. The Kier molecular flexibility index (Phi) is 5.60. The number of ether oxygens (including phenoxy) is 2. The minimum Gasteiger partial charge on any atom is -0.496 e. The highest BCUT2D eigenvalue weighted by Gasteiger charge is 2.53. The number of rotatable bonds is 6. The van der Waals surface area contributed by atoms with Crippen molar-refractivity contribution in [3.8, 4) is 22.6 Å². The zero-order valence-electron chi connectivity index (χ0n) is 19.5. The molecular weight excluding hydrogens is 452 g/mol. The summed E-state index contributed by atoms with van der Waals surface area (Å²) in [7, 11) is 3.22. The van der Waals surface area contributed by atoms with Crippen molar-refractivity contribution >= 4 is 34.4 Å². The fraction of sp³-hybridized carbons (Fsp3) is 0.346. The minimum atomic E-state index is 0.0168. The summed E-state index contributed by atoms with van der Waals surface area (Å²) in [6.07, 6.45) is 5.25. The molecule has 1 aliphatic carbocycles. The van der Waals surface area contributed by atoms with Gasteiger partial charge >= 0.3 is 0 Å². The van der Waals surface area contributed by atoms with Gasteiger partial charge in [0.05, 0.1) is 24.8 Å². The van der Waals surface area contributed by atoms with Gasteiger partial charge in [-0.25, -0.2) is 9.97 Å². The van der Waals surface area contributed by atoms with E-state index in [2.05, 4.69) is 16.9 Å². The number of benzene rings is 2. The zero-order valence-corrected chi connectivity index (χ0v) is 20.3. The molecule has 34 heavy (non-hydrogen) atoms. The molecule has 1 amide bonds. The SMILES string of the molecule is C=CC(=O)N1CC2(CC(Nc3ncc4cc(-c5c(C)c(OC)cc(OC)c5Cl)ccc4n3)C2)C1. The minimum absolute atomic E-state index is 0.0168. The van der Waals surface area contributed by atoms with Gasteiger partial charge in [-0.15, -0.1) is 0 Å². The molecule has 176 valence electrons. The van der Waals surface area contributed by atoms with Gasteiger partial charge in [0.1, 0.15) is 11.5 Å². The van der Waals surface area contributed by atoms with Crippen LogP contribution in [-0.4, -0.2) is 54.1 Å². The van der Waals surface area contributed by atoms with E-state index in [1.54, 1.807) is 20.3 Å². The van der Waals surface area contributed by atoms with Crippen LogP contribution < -0.4 is 14.8 Å². The van der Waals surface area contributed by atoms with Crippen LogP contribution in [0.3, 0.4) is 0 Å². The molecule has 2 fully saturated rings. The van der Waals surface area contributed by atoms with Crippen LogP contribution in [0.25, 0.3) is 22.0 Å². The summed E-state index contributed by atoms with van der Waals surface area (Å²) in [5.41, 5.74) is 3.85. The van der Waals surface area contributed by atoms with Gasteiger partial charge in [-0.3, -0.25) is 4.79 Å². The predicted molar refractivity (Wildman–Crippen MR) is 134 cm³/mol. The largest absolute Gasteiger partial charge is 0.496 e. The van der Waals surface area contributed by atoms with Crippen molar-refractivity contribution in [3.63, 3.8) is 0 Å². The standard InChI is InChI=1S/C26H27ClN4O3/c1-5-22(32)31-13-26(14-31)10-18(11-26)29-25-28-12-17-8-16(6-7-19(17)30-25)23-15(2)20(33-3)9-21(34-4)24(23)27/h5-9,12,18H,1,10-11,13-14H2,2-4H3,(H,28,29,30). The zero-order chi connectivity index (χ0) is 24.0. The lowest BCUT2D eigenvalue weighted by atomic mass is 9.60. The van der Waals surface area contributed by atoms with Gasteiger partial charge < -0.3 is 19.7 Å². The number of fused-ring (bicyclic) bond motifs is 1. The number of amides is 1.